The first-order valence-corrected chi connectivity index (χ1v) is 7.29. The Morgan fingerprint density at radius 1 is 1.30 bits per heavy atom. The molecular weight excluding hydrogens is 251 g/mol. The lowest BCUT2D eigenvalue weighted by Gasteiger charge is -2.32. The lowest BCUT2D eigenvalue weighted by molar-refractivity contribution is 0.271. The number of nitrogens with zero attached hydrogens (tertiary/aromatic N) is 1. The topological polar surface area (TPSA) is 29.3 Å². The number of halogens is 1. The SMILES string of the molecule is CC(C)(C)C1=CCN(Cc2ccc(F)c(CN)c2)CC1. The van der Waals surface area contributed by atoms with E-state index >= 15 is 0 Å². The van der Waals surface area contributed by atoms with Gasteiger partial charge in [0.05, 0.1) is 0 Å². The molecule has 1 aromatic carbocycles. The van der Waals surface area contributed by atoms with E-state index in [4.69, 9.17) is 5.73 Å². The van der Waals surface area contributed by atoms with E-state index in [0.717, 1.165) is 31.6 Å². The zero-order valence-electron chi connectivity index (χ0n) is 12.7. The summed E-state index contributed by atoms with van der Waals surface area (Å²) in [5, 5.41) is 0. The number of rotatable bonds is 3. The van der Waals surface area contributed by atoms with Gasteiger partial charge in [-0.2, -0.15) is 0 Å². The zero-order chi connectivity index (χ0) is 14.8. The molecule has 0 atom stereocenters. The first kappa shape index (κ1) is 15.2. The van der Waals surface area contributed by atoms with Gasteiger partial charge in [0.25, 0.3) is 0 Å². The van der Waals surface area contributed by atoms with Crippen LogP contribution in [0.25, 0.3) is 0 Å². The average molecular weight is 276 g/mol. The third-order valence-corrected chi connectivity index (χ3v) is 3.99. The maximum atomic E-state index is 13.4. The molecule has 110 valence electrons. The third kappa shape index (κ3) is 3.68. The monoisotopic (exact) mass is 276 g/mol. The zero-order valence-corrected chi connectivity index (χ0v) is 12.7. The van der Waals surface area contributed by atoms with Gasteiger partial charge in [0.15, 0.2) is 0 Å². The largest absolute Gasteiger partial charge is 0.326 e. The van der Waals surface area contributed by atoms with Crippen LogP contribution < -0.4 is 5.73 Å². The number of nitrogens with two attached hydrogens (primary N) is 1. The van der Waals surface area contributed by atoms with Gasteiger partial charge in [0, 0.05) is 31.7 Å². The van der Waals surface area contributed by atoms with Gasteiger partial charge in [-0.25, -0.2) is 4.39 Å². The fourth-order valence-corrected chi connectivity index (χ4v) is 2.68. The van der Waals surface area contributed by atoms with Crippen LogP contribution in [0.1, 0.15) is 38.3 Å². The molecular formula is C17H25FN2. The molecule has 1 aliphatic heterocycles. The Morgan fingerprint density at radius 2 is 2.05 bits per heavy atom. The fraction of sp³-hybridized carbons (Fsp3) is 0.529. The summed E-state index contributed by atoms with van der Waals surface area (Å²) in [6, 6.07) is 5.27. The molecule has 0 saturated carbocycles. The van der Waals surface area contributed by atoms with E-state index in [1.165, 1.54) is 11.6 Å². The van der Waals surface area contributed by atoms with Gasteiger partial charge in [0.2, 0.25) is 0 Å². The standard InChI is InChI=1S/C17H25FN2/c1-17(2,3)15-6-8-20(9-7-15)12-13-4-5-16(18)14(10-13)11-19/h4-6,10H,7-9,11-12,19H2,1-3H3. The predicted molar refractivity (Wildman–Crippen MR) is 81.7 cm³/mol. The van der Waals surface area contributed by atoms with E-state index < -0.39 is 0 Å². The Kier molecular flexibility index (Phi) is 4.61. The van der Waals surface area contributed by atoms with Gasteiger partial charge >= 0.3 is 0 Å². The molecule has 0 bridgehead atoms. The average Bonchev–Trinajstić information content (AvgIpc) is 2.40. The molecule has 0 unspecified atom stereocenters. The summed E-state index contributed by atoms with van der Waals surface area (Å²) in [6.07, 6.45) is 3.46. The van der Waals surface area contributed by atoms with Crippen LogP contribution in [0.3, 0.4) is 0 Å². The Labute approximate surface area is 121 Å². The molecule has 0 aliphatic carbocycles. The van der Waals surface area contributed by atoms with Crippen molar-refractivity contribution in [1.29, 1.82) is 0 Å². The van der Waals surface area contributed by atoms with Gasteiger partial charge in [-0.05, 0) is 23.5 Å². The molecule has 0 spiro atoms. The Hall–Kier alpha value is -1.19. The maximum absolute atomic E-state index is 13.4. The lowest BCUT2D eigenvalue weighted by atomic mass is 9.83. The molecule has 20 heavy (non-hydrogen) atoms. The normalized spacial score (nSPS) is 17.1. The summed E-state index contributed by atoms with van der Waals surface area (Å²) in [4.78, 5) is 2.39. The van der Waals surface area contributed by atoms with Crippen molar-refractivity contribution in [3.8, 4) is 0 Å². The van der Waals surface area contributed by atoms with E-state index in [2.05, 4.69) is 31.7 Å². The van der Waals surface area contributed by atoms with Crippen molar-refractivity contribution in [2.45, 2.75) is 40.3 Å². The highest BCUT2D eigenvalue weighted by Crippen LogP contribution is 2.30. The van der Waals surface area contributed by atoms with Crippen molar-refractivity contribution < 1.29 is 4.39 Å². The van der Waals surface area contributed by atoms with Crippen LogP contribution in [0.15, 0.2) is 29.8 Å². The second kappa shape index (κ2) is 6.06. The van der Waals surface area contributed by atoms with Crippen LogP contribution in [0.2, 0.25) is 0 Å². The number of hydrogen-bond acceptors (Lipinski definition) is 2. The van der Waals surface area contributed by atoms with Crippen LogP contribution in [-0.4, -0.2) is 18.0 Å². The minimum Gasteiger partial charge on any atom is -0.326 e. The Balaban J connectivity index is 2.01. The van der Waals surface area contributed by atoms with E-state index in [1.54, 1.807) is 0 Å². The highest BCUT2D eigenvalue weighted by molar-refractivity contribution is 5.25. The number of benzene rings is 1. The minimum absolute atomic E-state index is 0.204. The summed E-state index contributed by atoms with van der Waals surface area (Å²) in [5.41, 5.74) is 9.11. The van der Waals surface area contributed by atoms with Crippen LogP contribution in [0, 0.1) is 11.2 Å². The van der Waals surface area contributed by atoms with Gasteiger partial charge in [-0.15, -0.1) is 0 Å². The molecule has 0 aromatic heterocycles. The maximum Gasteiger partial charge on any atom is 0.127 e. The van der Waals surface area contributed by atoms with Gasteiger partial charge in [-0.1, -0.05) is 44.6 Å². The van der Waals surface area contributed by atoms with E-state index in [-0.39, 0.29) is 17.8 Å². The lowest BCUT2D eigenvalue weighted by Crippen LogP contribution is -2.30. The van der Waals surface area contributed by atoms with Gasteiger partial charge in [-0.3, -0.25) is 4.90 Å². The summed E-state index contributed by atoms with van der Waals surface area (Å²) in [6.45, 7) is 9.96. The minimum atomic E-state index is -0.204. The van der Waals surface area contributed by atoms with Crippen LogP contribution in [0.5, 0.6) is 0 Å². The third-order valence-electron chi connectivity index (χ3n) is 3.99. The molecule has 2 nitrogen and oxygen atoms in total. The second-order valence-electron chi connectivity index (χ2n) is 6.59. The first-order chi connectivity index (χ1) is 9.40. The molecule has 1 aliphatic rings. The van der Waals surface area contributed by atoms with Crippen molar-refractivity contribution in [3.05, 3.63) is 46.8 Å². The van der Waals surface area contributed by atoms with Gasteiger partial charge < -0.3 is 5.73 Å². The molecule has 0 radical (unpaired) electrons. The summed E-state index contributed by atoms with van der Waals surface area (Å²) >= 11 is 0. The predicted octanol–water partition coefficient (Wildman–Crippen LogP) is 3.46. The second-order valence-corrected chi connectivity index (χ2v) is 6.59. The highest BCUT2D eigenvalue weighted by Gasteiger charge is 2.21. The van der Waals surface area contributed by atoms with Crippen molar-refractivity contribution in [2.24, 2.45) is 11.1 Å². The van der Waals surface area contributed by atoms with Crippen molar-refractivity contribution in [1.82, 2.24) is 4.90 Å². The molecule has 2 N–H and O–H groups in total. The summed E-state index contributed by atoms with van der Waals surface area (Å²) < 4.78 is 13.4. The van der Waals surface area contributed by atoms with Gasteiger partial charge in [0.1, 0.15) is 5.82 Å². The van der Waals surface area contributed by atoms with E-state index in [0.29, 0.717) is 5.56 Å². The summed E-state index contributed by atoms with van der Waals surface area (Å²) in [7, 11) is 0. The highest BCUT2D eigenvalue weighted by atomic mass is 19.1. The molecule has 1 aromatic rings. The fourth-order valence-electron chi connectivity index (χ4n) is 2.68. The Bertz CT molecular complexity index is 500. The van der Waals surface area contributed by atoms with E-state index in [9.17, 15) is 4.39 Å². The number of hydrogen-bond donors (Lipinski definition) is 1. The van der Waals surface area contributed by atoms with Crippen LogP contribution in [-0.2, 0) is 13.1 Å². The molecule has 3 heteroatoms. The van der Waals surface area contributed by atoms with Crippen molar-refractivity contribution in [3.63, 3.8) is 0 Å². The quantitative estimate of drug-likeness (QED) is 0.857. The van der Waals surface area contributed by atoms with Crippen molar-refractivity contribution >= 4 is 0 Å². The molecule has 0 amide bonds. The van der Waals surface area contributed by atoms with E-state index in [1.807, 2.05) is 12.1 Å². The molecule has 0 saturated heterocycles. The van der Waals surface area contributed by atoms with Crippen LogP contribution in [0.4, 0.5) is 4.39 Å². The molecule has 1 heterocycles. The Morgan fingerprint density at radius 3 is 2.60 bits per heavy atom. The molecule has 0 fully saturated rings. The smallest absolute Gasteiger partial charge is 0.127 e. The molecule has 2 rings (SSSR count). The first-order valence-electron chi connectivity index (χ1n) is 7.29. The summed E-state index contributed by atoms with van der Waals surface area (Å²) in [5.74, 6) is -0.204. The van der Waals surface area contributed by atoms with Crippen LogP contribution >= 0.6 is 0 Å². The van der Waals surface area contributed by atoms with Crippen molar-refractivity contribution in [2.75, 3.05) is 13.1 Å².